The van der Waals surface area contributed by atoms with Gasteiger partial charge < -0.3 is 26.0 Å². The summed E-state index contributed by atoms with van der Waals surface area (Å²) in [5, 5.41) is 22.1. The number of carbonyl (C=O) groups excluding carboxylic acids is 1. The Kier molecular flexibility index (Phi) is 5.75. The first-order valence-corrected chi connectivity index (χ1v) is 5.96. The number of primary amides is 1. The quantitative estimate of drug-likeness (QED) is 0.532. The molecule has 0 aromatic heterocycles. The van der Waals surface area contributed by atoms with Crippen LogP contribution in [-0.2, 0) is 4.79 Å². The zero-order chi connectivity index (χ0) is 14.4. The van der Waals surface area contributed by atoms with Gasteiger partial charge >= 0.3 is 0 Å². The average molecular weight is 268 g/mol. The number of aliphatic hydroxyl groups excluding tert-OH is 2. The van der Waals surface area contributed by atoms with E-state index in [1.807, 2.05) is 19.1 Å². The van der Waals surface area contributed by atoms with E-state index in [0.29, 0.717) is 11.3 Å². The topological polar surface area (TPSA) is 105 Å². The summed E-state index contributed by atoms with van der Waals surface area (Å²) in [6.45, 7) is 2.10. The summed E-state index contributed by atoms with van der Waals surface area (Å²) in [6.07, 6.45) is -2.05. The molecule has 1 aromatic carbocycles. The van der Waals surface area contributed by atoms with Gasteiger partial charge in [-0.3, -0.25) is 4.79 Å². The Hall–Kier alpha value is -1.63. The van der Waals surface area contributed by atoms with Crippen molar-refractivity contribution in [1.29, 1.82) is 0 Å². The first kappa shape index (κ1) is 15.4. The number of aryl methyl sites for hydroxylation is 1. The van der Waals surface area contributed by atoms with Gasteiger partial charge in [-0.05, 0) is 19.1 Å². The van der Waals surface area contributed by atoms with Crippen LogP contribution in [0, 0.1) is 6.92 Å². The van der Waals surface area contributed by atoms with Crippen LogP contribution in [0.15, 0.2) is 18.2 Å². The Morgan fingerprint density at radius 3 is 2.68 bits per heavy atom. The fraction of sp³-hybridized carbons (Fsp3) is 0.462. The summed E-state index contributed by atoms with van der Waals surface area (Å²) in [7, 11) is 1.53. The number of hydrogen-bond donors (Lipinski definition) is 4. The van der Waals surface area contributed by atoms with Crippen molar-refractivity contribution in [3.8, 4) is 5.75 Å². The summed E-state index contributed by atoms with van der Waals surface area (Å²) in [4.78, 5) is 10.6. The molecule has 2 unspecified atom stereocenters. The molecule has 0 saturated carbocycles. The lowest BCUT2D eigenvalue weighted by Crippen LogP contribution is -2.38. The van der Waals surface area contributed by atoms with Gasteiger partial charge in [0.25, 0.3) is 0 Å². The minimum absolute atomic E-state index is 0.000520. The van der Waals surface area contributed by atoms with Crippen LogP contribution in [0.25, 0.3) is 0 Å². The number of ether oxygens (including phenoxy) is 1. The fourth-order valence-electron chi connectivity index (χ4n) is 1.68. The zero-order valence-electron chi connectivity index (χ0n) is 11.1. The monoisotopic (exact) mass is 268 g/mol. The first-order chi connectivity index (χ1) is 8.95. The summed E-state index contributed by atoms with van der Waals surface area (Å²) in [6, 6.07) is 5.50. The summed E-state index contributed by atoms with van der Waals surface area (Å²) < 4.78 is 5.18. The second kappa shape index (κ2) is 7.08. The maximum atomic E-state index is 10.6. The number of benzene rings is 1. The van der Waals surface area contributed by atoms with Gasteiger partial charge in [0.2, 0.25) is 5.91 Å². The Balaban J connectivity index is 2.60. The van der Waals surface area contributed by atoms with Crippen molar-refractivity contribution in [1.82, 2.24) is 5.32 Å². The molecule has 0 saturated heterocycles. The molecular weight excluding hydrogens is 248 g/mol. The van der Waals surface area contributed by atoms with Gasteiger partial charge in [-0.25, -0.2) is 0 Å². The Morgan fingerprint density at radius 1 is 1.42 bits per heavy atom. The van der Waals surface area contributed by atoms with E-state index >= 15 is 0 Å². The van der Waals surface area contributed by atoms with Crippen molar-refractivity contribution in [2.75, 3.05) is 20.2 Å². The van der Waals surface area contributed by atoms with Crippen molar-refractivity contribution >= 4 is 5.91 Å². The number of methoxy groups -OCH3 is 1. The lowest BCUT2D eigenvalue weighted by atomic mass is 10.1. The van der Waals surface area contributed by atoms with E-state index in [2.05, 4.69) is 5.32 Å². The SMILES string of the molecule is COc1ccc(C)cc1C(O)CNCC(O)C(N)=O. The smallest absolute Gasteiger partial charge is 0.247 e. The maximum absolute atomic E-state index is 10.6. The molecule has 0 aliphatic rings. The molecule has 1 rings (SSSR count). The van der Waals surface area contributed by atoms with Gasteiger partial charge in [0.15, 0.2) is 0 Å². The molecule has 1 aromatic rings. The van der Waals surface area contributed by atoms with Crippen LogP contribution in [0.1, 0.15) is 17.2 Å². The van der Waals surface area contributed by atoms with Gasteiger partial charge in [-0.1, -0.05) is 11.6 Å². The second-order valence-corrected chi connectivity index (χ2v) is 4.34. The van der Waals surface area contributed by atoms with Crippen molar-refractivity contribution in [2.24, 2.45) is 5.73 Å². The van der Waals surface area contributed by atoms with E-state index in [1.54, 1.807) is 6.07 Å². The number of rotatable bonds is 7. The van der Waals surface area contributed by atoms with Crippen LogP contribution in [0.3, 0.4) is 0 Å². The molecule has 2 atom stereocenters. The summed E-state index contributed by atoms with van der Waals surface area (Å²) in [5.74, 6) is -0.203. The maximum Gasteiger partial charge on any atom is 0.247 e. The fourth-order valence-corrected chi connectivity index (χ4v) is 1.68. The van der Waals surface area contributed by atoms with Crippen LogP contribution in [0.2, 0.25) is 0 Å². The molecule has 0 fully saturated rings. The van der Waals surface area contributed by atoms with Crippen LogP contribution in [0.5, 0.6) is 5.75 Å². The standard InChI is InChI=1S/C13H20N2O4/c1-8-3-4-12(19-2)9(5-8)10(16)6-15-7-11(17)13(14)18/h3-5,10-11,15-17H,6-7H2,1-2H3,(H2,14,18). The van der Waals surface area contributed by atoms with Crippen molar-refractivity contribution in [2.45, 2.75) is 19.1 Å². The van der Waals surface area contributed by atoms with Crippen molar-refractivity contribution in [3.05, 3.63) is 29.3 Å². The lowest BCUT2D eigenvalue weighted by molar-refractivity contribution is -0.125. The molecule has 19 heavy (non-hydrogen) atoms. The predicted octanol–water partition coefficient (Wildman–Crippen LogP) is -0.527. The molecular formula is C13H20N2O4. The van der Waals surface area contributed by atoms with Gasteiger partial charge in [0.05, 0.1) is 13.2 Å². The lowest BCUT2D eigenvalue weighted by Gasteiger charge is -2.17. The highest BCUT2D eigenvalue weighted by Crippen LogP contribution is 2.25. The molecule has 5 N–H and O–H groups in total. The van der Waals surface area contributed by atoms with Crippen LogP contribution in [-0.4, -0.2) is 42.4 Å². The zero-order valence-corrected chi connectivity index (χ0v) is 11.1. The number of amides is 1. The normalized spacial score (nSPS) is 13.9. The highest BCUT2D eigenvalue weighted by atomic mass is 16.5. The molecule has 6 heteroatoms. The van der Waals surface area contributed by atoms with E-state index in [1.165, 1.54) is 7.11 Å². The van der Waals surface area contributed by atoms with Gasteiger partial charge in [-0.15, -0.1) is 0 Å². The van der Waals surface area contributed by atoms with Crippen LogP contribution >= 0.6 is 0 Å². The van der Waals surface area contributed by atoms with Gasteiger partial charge in [-0.2, -0.15) is 0 Å². The minimum atomic E-state index is -1.26. The molecule has 106 valence electrons. The molecule has 0 heterocycles. The number of hydrogen-bond acceptors (Lipinski definition) is 5. The largest absolute Gasteiger partial charge is 0.496 e. The number of nitrogens with one attached hydrogen (secondary N) is 1. The van der Waals surface area contributed by atoms with Crippen LogP contribution in [0.4, 0.5) is 0 Å². The van der Waals surface area contributed by atoms with Crippen molar-refractivity contribution < 1.29 is 19.7 Å². The number of nitrogens with two attached hydrogens (primary N) is 1. The average Bonchev–Trinajstić information content (AvgIpc) is 2.38. The van der Waals surface area contributed by atoms with Crippen LogP contribution < -0.4 is 15.8 Å². The first-order valence-electron chi connectivity index (χ1n) is 5.96. The van der Waals surface area contributed by atoms with E-state index in [0.717, 1.165) is 5.56 Å². The number of aliphatic hydroxyl groups is 2. The Labute approximate surface area is 112 Å². The summed E-state index contributed by atoms with van der Waals surface area (Å²) >= 11 is 0. The third-order valence-corrected chi connectivity index (χ3v) is 2.75. The molecule has 6 nitrogen and oxygen atoms in total. The highest BCUT2D eigenvalue weighted by Gasteiger charge is 2.15. The van der Waals surface area contributed by atoms with E-state index in [9.17, 15) is 15.0 Å². The highest BCUT2D eigenvalue weighted by molar-refractivity contribution is 5.78. The van der Waals surface area contributed by atoms with E-state index < -0.39 is 18.1 Å². The Bertz CT molecular complexity index is 437. The number of carbonyl (C=O) groups is 1. The van der Waals surface area contributed by atoms with Gasteiger partial charge in [0.1, 0.15) is 11.9 Å². The third kappa shape index (κ3) is 4.51. The minimum Gasteiger partial charge on any atom is -0.496 e. The third-order valence-electron chi connectivity index (χ3n) is 2.75. The summed E-state index contributed by atoms with van der Waals surface area (Å²) in [5.41, 5.74) is 6.58. The Morgan fingerprint density at radius 2 is 2.11 bits per heavy atom. The van der Waals surface area contributed by atoms with E-state index in [-0.39, 0.29) is 13.1 Å². The molecule has 1 amide bonds. The molecule has 0 spiro atoms. The molecule has 0 aliphatic carbocycles. The van der Waals surface area contributed by atoms with E-state index in [4.69, 9.17) is 10.5 Å². The molecule has 0 aliphatic heterocycles. The van der Waals surface area contributed by atoms with Crippen molar-refractivity contribution in [3.63, 3.8) is 0 Å². The molecule has 0 radical (unpaired) electrons. The molecule has 0 bridgehead atoms. The second-order valence-electron chi connectivity index (χ2n) is 4.34. The van der Waals surface area contributed by atoms with Gasteiger partial charge in [0, 0.05) is 18.7 Å². The predicted molar refractivity (Wildman–Crippen MR) is 70.8 cm³/mol.